The van der Waals surface area contributed by atoms with Gasteiger partial charge in [0.05, 0.1) is 10.9 Å². The number of hydrogen-bond acceptors (Lipinski definition) is 4. The predicted molar refractivity (Wildman–Crippen MR) is 110 cm³/mol. The van der Waals surface area contributed by atoms with Gasteiger partial charge in [-0.05, 0) is 51.2 Å². The van der Waals surface area contributed by atoms with Crippen LogP contribution in [0.25, 0.3) is 0 Å². The number of nitrogens with zero attached hydrogens (tertiary/aromatic N) is 1. The van der Waals surface area contributed by atoms with Crippen LogP contribution in [0.15, 0.2) is 53.4 Å². The van der Waals surface area contributed by atoms with Crippen molar-refractivity contribution < 1.29 is 9.59 Å². The average Bonchev–Trinajstić information content (AvgIpc) is 2.66. The molecular formula is C21H25N3O2S. The van der Waals surface area contributed by atoms with E-state index in [1.807, 2.05) is 51.4 Å². The van der Waals surface area contributed by atoms with Crippen LogP contribution in [-0.2, 0) is 11.2 Å². The Morgan fingerprint density at radius 3 is 2.67 bits per heavy atom. The molecule has 0 aromatic heterocycles. The molecule has 1 aliphatic rings. The number of rotatable bonds is 6. The number of carbonyl (C=O) groups excluding carboxylic acids is 2. The summed E-state index contributed by atoms with van der Waals surface area (Å²) in [5.41, 5.74) is 2.51. The molecule has 3 rings (SSSR count). The average molecular weight is 384 g/mol. The molecule has 0 fully saturated rings. The molecule has 2 atom stereocenters. The summed E-state index contributed by atoms with van der Waals surface area (Å²) in [6, 6.07) is 15.9. The van der Waals surface area contributed by atoms with Crippen molar-refractivity contribution in [3.63, 3.8) is 0 Å². The lowest BCUT2D eigenvalue weighted by molar-refractivity contribution is -0.115. The summed E-state index contributed by atoms with van der Waals surface area (Å²) in [6.07, 6.45) is 0.864. The highest BCUT2D eigenvalue weighted by Gasteiger charge is 2.24. The van der Waals surface area contributed by atoms with E-state index in [0.29, 0.717) is 17.8 Å². The number of amides is 2. The molecule has 1 heterocycles. The third kappa shape index (κ3) is 4.90. The van der Waals surface area contributed by atoms with E-state index in [2.05, 4.69) is 27.7 Å². The molecule has 142 valence electrons. The van der Waals surface area contributed by atoms with Crippen molar-refractivity contribution in [2.75, 3.05) is 26.0 Å². The second-order valence-electron chi connectivity index (χ2n) is 6.98. The summed E-state index contributed by atoms with van der Waals surface area (Å²) < 4.78 is 0. The van der Waals surface area contributed by atoms with Gasteiger partial charge in [0, 0.05) is 23.0 Å². The van der Waals surface area contributed by atoms with E-state index in [9.17, 15) is 9.59 Å². The molecule has 1 aliphatic heterocycles. The Labute approximate surface area is 164 Å². The van der Waals surface area contributed by atoms with E-state index in [-0.39, 0.29) is 23.1 Å². The lowest BCUT2D eigenvalue weighted by Crippen LogP contribution is -2.41. The van der Waals surface area contributed by atoms with Crippen LogP contribution in [0.4, 0.5) is 5.69 Å². The summed E-state index contributed by atoms with van der Waals surface area (Å²) in [6.45, 7) is 2.42. The minimum absolute atomic E-state index is 0.0272. The Kier molecular flexibility index (Phi) is 6.19. The summed E-state index contributed by atoms with van der Waals surface area (Å²) in [4.78, 5) is 27.6. The Hall–Kier alpha value is -2.31. The molecule has 0 saturated carbocycles. The molecule has 2 N–H and O–H groups in total. The lowest BCUT2D eigenvalue weighted by atomic mass is 10.0. The molecule has 0 saturated heterocycles. The van der Waals surface area contributed by atoms with Crippen LogP contribution in [0.1, 0.15) is 22.8 Å². The van der Waals surface area contributed by atoms with E-state index >= 15 is 0 Å². The maximum Gasteiger partial charge on any atom is 0.251 e. The predicted octanol–water partition coefficient (Wildman–Crippen LogP) is 3.02. The fraction of sp³-hybridized carbons (Fsp3) is 0.333. The number of anilines is 1. The molecule has 5 nitrogen and oxygen atoms in total. The lowest BCUT2D eigenvalue weighted by Gasteiger charge is -2.25. The Balaban J connectivity index is 1.64. The highest BCUT2D eigenvalue weighted by molar-refractivity contribution is 8.00. The second kappa shape index (κ2) is 8.59. The Bertz CT molecular complexity index is 823. The van der Waals surface area contributed by atoms with Crippen LogP contribution in [0.5, 0.6) is 0 Å². The Morgan fingerprint density at radius 1 is 1.22 bits per heavy atom. The van der Waals surface area contributed by atoms with Crippen molar-refractivity contribution in [3.05, 3.63) is 59.7 Å². The standard InChI is InChI=1S/C21H25N3O2S/c1-14-20(25)23-18-12-16(9-10-19(18)27-14)21(26)22-13-17(24(2)3)11-15-7-5-4-6-8-15/h4-10,12,14,17H,11,13H2,1-3H3,(H,22,26)(H,23,25)/t14-,17-/m0/s1. The molecule has 6 heteroatoms. The number of benzene rings is 2. The van der Waals surface area contributed by atoms with Gasteiger partial charge in [-0.15, -0.1) is 11.8 Å². The fourth-order valence-electron chi connectivity index (χ4n) is 2.99. The van der Waals surface area contributed by atoms with Crippen molar-refractivity contribution >= 4 is 29.3 Å². The van der Waals surface area contributed by atoms with Crippen molar-refractivity contribution in [2.24, 2.45) is 0 Å². The molecule has 0 radical (unpaired) electrons. The number of nitrogens with one attached hydrogen (secondary N) is 2. The summed E-state index contributed by atoms with van der Waals surface area (Å²) >= 11 is 1.51. The van der Waals surface area contributed by atoms with Crippen LogP contribution in [0.3, 0.4) is 0 Å². The van der Waals surface area contributed by atoms with Crippen molar-refractivity contribution in [1.82, 2.24) is 10.2 Å². The highest BCUT2D eigenvalue weighted by atomic mass is 32.2. The monoisotopic (exact) mass is 383 g/mol. The normalized spacial score (nSPS) is 17.2. The summed E-state index contributed by atoms with van der Waals surface area (Å²) in [5, 5.41) is 5.79. The number of thioether (sulfide) groups is 1. The number of hydrogen-bond donors (Lipinski definition) is 2. The molecular weight excluding hydrogens is 358 g/mol. The first-order chi connectivity index (χ1) is 12.9. The van der Waals surface area contributed by atoms with Gasteiger partial charge in [0.25, 0.3) is 5.91 Å². The smallest absolute Gasteiger partial charge is 0.251 e. The van der Waals surface area contributed by atoms with Gasteiger partial charge in [0.1, 0.15) is 0 Å². The minimum atomic E-state index is -0.129. The first-order valence-electron chi connectivity index (χ1n) is 9.04. The zero-order valence-electron chi connectivity index (χ0n) is 15.9. The Morgan fingerprint density at radius 2 is 1.96 bits per heavy atom. The van der Waals surface area contributed by atoms with Crippen LogP contribution >= 0.6 is 11.8 Å². The van der Waals surface area contributed by atoms with Gasteiger partial charge in [-0.3, -0.25) is 9.59 Å². The molecule has 0 spiro atoms. The molecule has 2 amide bonds. The van der Waals surface area contributed by atoms with E-state index in [1.165, 1.54) is 17.3 Å². The van der Waals surface area contributed by atoms with Gasteiger partial charge in [-0.1, -0.05) is 30.3 Å². The molecule has 0 unspecified atom stereocenters. The number of carbonyl (C=O) groups is 2. The van der Waals surface area contributed by atoms with E-state index in [1.54, 1.807) is 6.07 Å². The van der Waals surface area contributed by atoms with Crippen molar-refractivity contribution in [3.8, 4) is 0 Å². The molecule has 0 bridgehead atoms. The van der Waals surface area contributed by atoms with Crippen molar-refractivity contribution in [1.29, 1.82) is 0 Å². The first kappa shape index (κ1) is 19.5. The SMILES string of the molecule is C[C@@H]1Sc2ccc(C(=O)NC[C@H](Cc3ccccc3)N(C)C)cc2NC1=O. The van der Waals surface area contributed by atoms with Gasteiger partial charge in [0.15, 0.2) is 0 Å². The maximum atomic E-state index is 12.6. The third-order valence-electron chi connectivity index (χ3n) is 4.72. The van der Waals surface area contributed by atoms with E-state index < -0.39 is 0 Å². The van der Waals surface area contributed by atoms with Crippen LogP contribution in [0, 0.1) is 0 Å². The summed E-state index contributed by atoms with van der Waals surface area (Å²) in [7, 11) is 4.04. The zero-order valence-corrected chi connectivity index (χ0v) is 16.7. The highest BCUT2D eigenvalue weighted by Crippen LogP contribution is 2.35. The molecule has 27 heavy (non-hydrogen) atoms. The van der Waals surface area contributed by atoms with Gasteiger partial charge >= 0.3 is 0 Å². The van der Waals surface area contributed by atoms with Gasteiger partial charge in [0.2, 0.25) is 5.91 Å². The second-order valence-corrected chi connectivity index (χ2v) is 8.36. The first-order valence-corrected chi connectivity index (χ1v) is 9.92. The fourth-order valence-corrected chi connectivity index (χ4v) is 3.92. The van der Waals surface area contributed by atoms with Gasteiger partial charge < -0.3 is 15.5 Å². The maximum absolute atomic E-state index is 12.6. The van der Waals surface area contributed by atoms with E-state index in [4.69, 9.17) is 0 Å². The third-order valence-corrected chi connectivity index (χ3v) is 5.89. The number of likely N-dealkylation sites (N-methyl/N-ethyl adjacent to an activating group) is 1. The van der Waals surface area contributed by atoms with Crippen LogP contribution in [0.2, 0.25) is 0 Å². The molecule has 2 aromatic rings. The quantitative estimate of drug-likeness (QED) is 0.805. The topological polar surface area (TPSA) is 61.4 Å². The molecule has 0 aliphatic carbocycles. The molecule has 2 aromatic carbocycles. The van der Waals surface area contributed by atoms with E-state index in [0.717, 1.165) is 11.3 Å². The minimum Gasteiger partial charge on any atom is -0.350 e. The van der Waals surface area contributed by atoms with Crippen LogP contribution in [-0.4, -0.2) is 48.6 Å². The summed E-state index contributed by atoms with van der Waals surface area (Å²) in [5.74, 6) is -0.156. The van der Waals surface area contributed by atoms with Gasteiger partial charge in [-0.25, -0.2) is 0 Å². The zero-order chi connectivity index (χ0) is 19.4. The number of fused-ring (bicyclic) bond motifs is 1. The van der Waals surface area contributed by atoms with Crippen LogP contribution < -0.4 is 10.6 Å². The van der Waals surface area contributed by atoms with Crippen molar-refractivity contribution in [2.45, 2.75) is 29.5 Å². The van der Waals surface area contributed by atoms with Gasteiger partial charge in [-0.2, -0.15) is 0 Å². The largest absolute Gasteiger partial charge is 0.350 e.